The molecule has 3 N–H and O–H groups in total. The number of carbonyl (C=O) groups is 1. The van der Waals surface area contributed by atoms with Gasteiger partial charge in [-0.15, -0.1) is 0 Å². The molecule has 2 aliphatic heterocycles. The highest BCUT2D eigenvalue weighted by Gasteiger charge is 2.31. The standard InChI is InChI=1S/C30H35F2N7O2/c1-17-10-23-25(37(4)30(17)41)13-26(38-9-7-19(16-38)29(40)35-3)36-28(23)39-8-5-6-18-11-21(20(14-33)15-34-2)22(27(31)32)12-24(18)39/h10-15,19,27H,5-9,16,33H2,1-4H3,(H,35,40)/b20-14+,34-15?. The zero-order valence-electron chi connectivity index (χ0n) is 23.7. The van der Waals surface area contributed by atoms with E-state index in [1.165, 1.54) is 18.5 Å². The lowest BCUT2D eigenvalue weighted by Gasteiger charge is -2.33. The molecular formula is C30H35F2N7O2. The lowest BCUT2D eigenvalue weighted by molar-refractivity contribution is -0.123. The molecule has 0 aliphatic carbocycles. The largest absolute Gasteiger partial charge is 0.404 e. The second kappa shape index (κ2) is 11.3. The SMILES string of the molecule is CN=C/C(=C\N)c1cc2c(cc1C(F)F)N(c1nc(N3CCC(C(=O)NC)C3)cc3c1cc(C)c(=O)n3C)CCC2. The molecule has 1 amide bonds. The summed E-state index contributed by atoms with van der Waals surface area (Å²) in [5.41, 5.74) is 9.14. The van der Waals surface area contributed by atoms with E-state index in [0.717, 1.165) is 17.4 Å². The van der Waals surface area contributed by atoms with Gasteiger partial charge in [-0.2, -0.15) is 0 Å². The number of fused-ring (bicyclic) bond motifs is 2. The maximum atomic E-state index is 14.4. The van der Waals surface area contributed by atoms with Gasteiger partial charge in [-0.05, 0) is 55.5 Å². The minimum atomic E-state index is -2.73. The average molecular weight is 564 g/mol. The minimum absolute atomic E-state index is 0.0177. The van der Waals surface area contributed by atoms with Gasteiger partial charge >= 0.3 is 0 Å². The number of halogens is 2. The molecule has 41 heavy (non-hydrogen) atoms. The van der Waals surface area contributed by atoms with E-state index in [1.54, 1.807) is 38.7 Å². The Kier molecular flexibility index (Phi) is 7.79. The highest BCUT2D eigenvalue weighted by molar-refractivity contribution is 6.10. The van der Waals surface area contributed by atoms with Crippen LogP contribution < -0.4 is 26.4 Å². The quantitative estimate of drug-likeness (QED) is 0.442. The summed E-state index contributed by atoms with van der Waals surface area (Å²) in [6.07, 6.45) is 2.23. The molecule has 1 atom stereocenters. The Hall–Kier alpha value is -4.28. The molecule has 9 nitrogen and oxygen atoms in total. The number of nitrogens with zero attached hydrogens (tertiary/aromatic N) is 5. The van der Waals surface area contributed by atoms with Crippen molar-refractivity contribution in [2.75, 3.05) is 43.5 Å². The van der Waals surface area contributed by atoms with Gasteiger partial charge in [0.05, 0.1) is 11.4 Å². The summed E-state index contributed by atoms with van der Waals surface area (Å²) in [6.45, 7) is 3.47. The maximum absolute atomic E-state index is 14.4. The van der Waals surface area contributed by atoms with Crippen LogP contribution in [0.1, 0.15) is 41.5 Å². The Bertz CT molecular complexity index is 1630. The average Bonchev–Trinajstić information content (AvgIpc) is 3.47. The number of aliphatic imine (C=N–C) groups is 1. The first-order chi connectivity index (χ1) is 19.7. The number of hydrogen-bond acceptors (Lipinski definition) is 7. The highest BCUT2D eigenvalue weighted by atomic mass is 19.3. The Morgan fingerprint density at radius 1 is 1.24 bits per heavy atom. The number of amides is 1. The van der Waals surface area contributed by atoms with Crippen molar-refractivity contribution in [3.8, 4) is 0 Å². The first-order valence-corrected chi connectivity index (χ1v) is 13.7. The van der Waals surface area contributed by atoms with Crippen molar-refractivity contribution >= 4 is 45.9 Å². The van der Waals surface area contributed by atoms with E-state index in [0.29, 0.717) is 72.0 Å². The van der Waals surface area contributed by atoms with Crippen LogP contribution in [0, 0.1) is 12.8 Å². The van der Waals surface area contributed by atoms with E-state index in [9.17, 15) is 18.4 Å². The second-order valence-corrected chi connectivity index (χ2v) is 10.6. The fourth-order valence-electron chi connectivity index (χ4n) is 5.98. The van der Waals surface area contributed by atoms with Crippen molar-refractivity contribution in [3.63, 3.8) is 0 Å². The zero-order chi connectivity index (χ0) is 29.4. The summed E-state index contributed by atoms with van der Waals surface area (Å²) in [6, 6.07) is 7.02. The summed E-state index contributed by atoms with van der Waals surface area (Å²) >= 11 is 0. The number of anilines is 3. The molecule has 216 valence electrons. The normalized spacial score (nSPS) is 17.6. The molecule has 0 spiro atoms. The van der Waals surface area contributed by atoms with E-state index in [4.69, 9.17) is 10.7 Å². The molecule has 2 aliphatic rings. The molecule has 1 aromatic carbocycles. The van der Waals surface area contributed by atoms with E-state index >= 15 is 0 Å². The molecule has 0 bridgehead atoms. The Morgan fingerprint density at radius 3 is 2.71 bits per heavy atom. The number of nitrogens with two attached hydrogens (primary N) is 1. The third-order valence-electron chi connectivity index (χ3n) is 8.12. The van der Waals surface area contributed by atoms with Gasteiger partial charge in [0.1, 0.15) is 11.6 Å². The molecule has 4 heterocycles. The molecule has 0 radical (unpaired) electrons. The number of aryl methyl sites for hydroxylation is 3. The van der Waals surface area contributed by atoms with E-state index in [-0.39, 0.29) is 22.9 Å². The number of rotatable bonds is 6. The van der Waals surface area contributed by atoms with Crippen LogP contribution in [0.3, 0.4) is 0 Å². The first-order valence-electron chi connectivity index (χ1n) is 13.7. The van der Waals surface area contributed by atoms with Gasteiger partial charge in [0.2, 0.25) is 5.91 Å². The maximum Gasteiger partial charge on any atom is 0.264 e. The fraction of sp³-hybridized carbons (Fsp3) is 0.400. The van der Waals surface area contributed by atoms with Crippen molar-refractivity contribution in [2.24, 2.45) is 23.7 Å². The van der Waals surface area contributed by atoms with Gasteiger partial charge in [0.15, 0.2) is 0 Å². The van der Waals surface area contributed by atoms with Crippen molar-refractivity contribution in [2.45, 2.75) is 32.6 Å². The number of aromatic nitrogens is 2. The second-order valence-electron chi connectivity index (χ2n) is 10.6. The summed E-state index contributed by atoms with van der Waals surface area (Å²) in [5.74, 6) is 1.05. The van der Waals surface area contributed by atoms with Crippen LogP contribution >= 0.6 is 0 Å². The molecule has 1 fully saturated rings. The summed E-state index contributed by atoms with van der Waals surface area (Å²) in [7, 11) is 4.93. The summed E-state index contributed by atoms with van der Waals surface area (Å²) < 4.78 is 30.5. The predicted octanol–water partition coefficient (Wildman–Crippen LogP) is 3.84. The lowest BCUT2D eigenvalue weighted by atomic mass is 9.92. The molecule has 3 aromatic rings. The molecule has 1 saturated heterocycles. The number of nitrogens with one attached hydrogen (secondary N) is 1. The number of carbonyl (C=O) groups excluding carboxylic acids is 1. The Labute approximate surface area is 237 Å². The van der Waals surface area contributed by atoms with Gasteiger partial charge in [-0.25, -0.2) is 13.8 Å². The van der Waals surface area contributed by atoms with E-state index < -0.39 is 6.43 Å². The molecule has 0 saturated carbocycles. The monoisotopic (exact) mass is 563 g/mol. The summed E-state index contributed by atoms with van der Waals surface area (Å²) in [4.78, 5) is 38.4. The fourth-order valence-corrected chi connectivity index (χ4v) is 5.98. The van der Waals surface area contributed by atoms with Crippen LogP contribution in [0.4, 0.5) is 26.1 Å². The minimum Gasteiger partial charge on any atom is -0.404 e. The van der Waals surface area contributed by atoms with Crippen molar-refractivity contribution < 1.29 is 13.6 Å². The number of benzene rings is 1. The van der Waals surface area contributed by atoms with Crippen LogP contribution in [-0.2, 0) is 18.3 Å². The first kappa shape index (κ1) is 28.3. The topological polar surface area (TPSA) is 109 Å². The number of hydrogen-bond donors (Lipinski definition) is 2. The van der Waals surface area contributed by atoms with Crippen molar-refractivity contribution in [1.29, 1.82) is 0 Å². The third kappa shape index (κ3) is 5.05. The number of allylic oxidation sites excluding steroid dienone is 1. The third-order valence-corrected chi connectivity index (χ3v) is 8.12. The molecule has 1 unspecified atom stereocenters. The van der Waals surface area contributed by atoms with Crippen LogP contribution in [0.2, 0.25) is 0 Å². The Balaban J connectivity index is 1.71. The molecule has 2 aromatic heterocycles. The lowest BCUT2D eigenvalue weighted by Crippen LogP contribution is -2.31. The number of alkyl halides is 2. The van der Waals surface area contributed by atoms with Gasteiger partial charge in [-0.1, -0.05) is 0 Å². The van der Waals surface area contributed by atoms with Crippen LogP contribution in [0.25, 0.3) is 16.5 Å². The van der Waals surface area contributed by atoms with E-state index in [1.807, 2.05) is 21.9 Å². The van der Waals surface area contributed by atoms with Gasteiger partial charge in [-0.3, -0.25) is 14.6 Å². The zero-order valence-corrected chi connectivity index (χ0v) is 23.7. The van der Waals surface area contributed by atoms with Gasteiger partial charge < -0.3 is 25.4 Å². The van der Waals surface area contributed by atoms with Crippen molar-refractivity contribution in [3.05, 3.63) is 63.1 Å². The van der Waals surface area contributed by atoms with Crippen LogP contribution in [0.15, 0.2) is 40.3 Å². The van der Waals surface area contributed by atoms with E-state index in [2.05, 4.69) is 10.3 Å². The van der Waals surface area contributed by atoms with Gasteiger partial charge in [0, 0.05) is 87.0 Å². The highest BCUT2D eigenvalue weighted by Crippen LogP contribution is 2.42. The molecule has 11 heteroatoms. The predicted molar refractivity (Wildman–Crippen MR) is 159 cm³/mol. The molecular weight excluding hydrogens is 528 g/mol. The van der Waals surface area contributed by atoms with Gasteiger partial charge in [0.25, 0.3) is 12.0 Å². The van der Waals surface area contributed by atoms with Crippen molar-refractivity contribution in [1.82, 2.24) is 14.9 Å². The number of pyridine rings is 2. The van der Waals surface area contributed by atoms with Crippen LogP contribution in [0.5, 0.6) is 0 Å². The summed E-state index contributed by atoms with van der Waals surface area (Å²) in [5, 5.41) is 3.48. The smallest absolute Gasteiger partial charge is 0.264 e. The Morgan fingerprint density at radius 2 is 2.02 bits per heavy atom. The molecule has 5 rings (SSSR count). The van der Waals surface area contributed by atoms with Crippen LogP contribution in [-0.4, -0.2) is 55.4 Å².